The first kappa shape index (κ1) is 20.6. The second-order valence-electron chi connectivity index (χ2n) is 11.8. The van der Waals surface area contributed by atoms with Crippen LogP contribution in [0.4, 0.5) is 5.69 Å². The minimum absolute atomic E-state index is 0.0778. The molecule has 5 rings (SSSR count). The number of aliphatic hydroxyl groups excluding tert-OH is 1. The quantitative estimate of drug-likeness (QED) is 0.602. The molecule has 7 atom stereocenters. The highest BCUT2D eigenvalue weighted by molar-refractivity contribution is 5.59. The number of fused-ring (bicyclic) bond motifs is 5. The van der Waals surface area contributed by atoms with E-state index in [1.54, 1.807) is 0 Å². The summed E-state index contributed by atoms with van der Waals surface area (Å²) in [6.45, 7) is 5.05. The summed E-state index contributed by atoms with van der Waals surface area (Å²) in [6, 6.07) is 8.78. The summed E-state index contributed by atoms with van der Waals surface area (Å²) in [6.07, 6.45) is 14.3. The first-order chi connectivity index (χ1) is 14.3. The van der Waals surface area contributed by atoms with Crippen molar-refractivity contribution in [3.8, 4) is 0 Å². The van der Waals surface area contributed by atoms with Gasteiger partial charge in [-0.3, -0.25) is 0 Å². The van der Waals surface area contributed by atoms with Crippen molar-refractivity contribution in [3.63, 3.8) is 0 Å². The maximum absolute atomic E-state index is 11.5. The van der Waals surface area contributed by atoms with Crippen LogP contribution in [0.5, 0.6) is 0 Å². The van der Waals surface area contributed by atoms with Crippen molar-refractivity contribution in [2.75, 3.05) is 19.0 Å². The molecule has 30 heavy (non-hydrogen) atoms. The highest BCUT2D eigenvalue weighted by atomic mass is 16.3. The molecule has 4 aliphatic carbocycles. The first-order valence-electron chi connectivity index (χ1n) is 12.5. The Morgan fingerprint density at radius 2 is 1.67 bits per heavy atom. The number of benzene rings is 1. The van der Waals surface area contributed by atoms with Gasteiger partial charge in [-0.1, -0.05) is 44.9 Å². The van der Waals surface area contributed by atoms with Crippen LogP contribution < -0.4 is 4.90 Å². The molecular weight excluding hydrogens is 366 g/mol. The maximum atomic E-state index is 11.5. The van der Waals surface area contributed by atoms with E-state index in [0.29, 0.717) is 11.3 Å². The average Bonchev–Trinajstić information content (AvgIpc) is 2.98. The van der Waals surface area contributed by atoms with Gasteiger partial charge in [0, 0.05) is 25.2 Å². The second-order valence-corrected chi connectivity index (χ2v) is 11.8. The fourth-order valence-electron chi connectivity index (χ4n) is 8.38. The predicted molar refractivity (Wildman–Crippen MR) is 126 cm³/mol. The average molecular weight is 408 g/mol. The Kier molecular flexibility index (Phi) is 5.08. The van der Waals surface area contributed by atoms with E-state index in [9.17, 15) is 5.11 Å². The molecule has 0 heterocycles. The normalized spacial score (nSPS) is 44.3. The Hall–Kier alpha value is -1.28. The van der Waals surface area contributed by atoms with Crippen LogP contribution in [0.2, 0.25) is 0 Å². The smallest absolute Gasteiger partial charge is 0.0809 e. The molecule has 0 radical (unpaired) electrons. The molecule has 0 aromatic heterocycles. The molecule has 0 spiro atoms. The lowest BCUT2D eigenvalue weighted by Crippen LogP contribution is -2.53. The second kappa shape index (κ2) is 7.40. The fourth-order valence-corrected chi connectivity index (χ4v) is 8.38. The topological polar surface area (TPSA) is 23.5 Å². The molecule has 0 amide bonds. The molecule has 0 bridgehead atoms. The lowest BCUT2D eigenvalue weighted by molar-refractivity contribution is -0.119. The summed E-state index contributed by atoms with van der Waals surface area (Å²) < 4.78 is 0. The Morgan fingerprint density at radius 3 is 2.40 bits per heavy atom. The molecule has 4 fully saturated rings. The Morgan fingerprint density at radius 1 is 0.900 bits per heavy atom. The minimum atomic E-state index is -0.270. The van der Waals surface area contributed by atoms with E-state index in [2.05, 4.69) is 63.2 Å². The number of rotatable bonds is 2. The number of nitrogens with zero attached hydrogens (tertiary/aromatic N) is 1. The van der Waals surface area contributed by atoms with Gasteiger partial charge < -0.3 is 10.0 Å². The molecule has 7 unspecified atom stereocenters. The third-order valence-electron chi connectivity index (χ3n) is 10.2. The van der Waals surface area contributed by atoms with Crippen molar-refractivity contribution < 1.29 is 5.11 Å². The zero-order valence-corrected chi connectivity index (χ0v) is 19.5. The van der Waals surface area contributed by atoms with E-state index >= 15 is 0 Å². The monoisotopic (exact) mass is 407 g/mol. The van der Waals surface area contributed by atoms with Gasteiger partial charge in [0.1, 0.15) is 0 Å². The van der Waals surface area contributed by atoms with Crippen LogP contribution in [0.3, 0.4) is 0 Å². The van der Waals surface area contributed by atoms with Crippen LogP contribution in [0.25, 0.3) is 6.08 Å². The largest absolute Gasteiger partial charge is 0.388 e. The zero-order chi connectivity index (χ0) is 21.1. The van der Waals surface area contributed by atoms with Gasteiger partial charge in [0.2, 0.25) is 0 Å². The van der Waals surface area contributed by atoms with E-state index < -0.39 is 0 Å². The molecule has 164 valence electrons. The molecule has 4 saturated carbocycles. The van der Waals surface area contributed by atoms with Gasteiger partial charge in [0.15, 0.2) is 0 Å². The van der Waals surface area contributed by atoms with E-state index in [1.165, 1.54) is 68.2 Å². The SMILES string of the molecule is CN(C)c1ccc(C=C2CC3C4CCC5CCCCC5(C)C4CCC3(C)C2O)cc1. The lowest BCUT2D eigenvalue weighted by Gasteiger charge is -2.60. The third-order valence-corrected chi connectivity index (χ3v) is 10.2. The highest BCUT2D eigenvalue weighted by Gasteiger charge is 2.60. The summed E-state index contributed by atoms with van der Waals surface area (Å²) in [4.78, 5) is 2.14. The first-order valence-corrected chi connectivity index (χ1v) is 12.5. The Bertz CT molecular complexity index is 810. The molecular formula is C28H41NO. The van der Waals surface area contributed by atoms with E-state index in [-0.39, 0.29) is 11.5 Å². The number of aliphatic hydroxyl groups is 1. The number of hydrogen-bond donors (Lipinski definition) is 1. The highest BCUT2D eigenvalue weighted by Crippen LogP contribution is 2.67. The summed E-state index contributed by atoms with van der Waals surface area (Å²) >= 11 is 0. The van der Waals surface area contributed by atoms with Gasteiger partial charge in [-0.05, 0) is 97.3 Å². The fraction of sp³-hybridized carbons (Fsp3) is 0.714. The molecule has 1 aromatic carbocycles. The van der Waals surface area contributed by atoms with Crippen LogP contribution in [0, 0.1) is 34.5 Å². The van der Waals surface area contributed by atoms with Crippen LogP contribution in [-0.2, 0) is 0 Å². The van der Waals surface area contributed by atoms with Crippen LogP contribution in [0.1, 0.15) is 77.2 Å². The lowest BCUT2D eigenvalue weighted by atomic mass is 9.45. The van der Waals surface area contributed by atoms with Crippen molar-refractivity contribution in [2.24, 2.45) is 34.5 Å². The third kappa shape index (κ3) is 3.08. The van der Waals surface area contributed by atoms with Gasteiger partial charge in [-0.2, -0.15) is 0 Å². The summed E-state index contributed by atoms with van der Waals surface area (Å²) in [7, 11) is 4.16. The van der Waals surface area contributed by atoms with E-state index in [0.717, 1.165) is 24.2 Å². The molecule has 1 aromatic rings. The minimum Gasteiger partial charge on any atom is -0.388 e. The molecule has 0 aliphatic heterocycles. The molecule has 0 saturated heterocycles. The van der Waals surface area contributed by atoms with Gasteiger partial charge in [-0.15, -0.1) is 0 Å². The molecule has 4 aliphatic rings. The summed E-state index contributed by atoms with van der Waals surface area (Å²) in [5.74, 6) is 3.34. The van der Waals surface area contributed by atoms with Gasteiger partial charge >= 0.3 is 0 Å². The summed E-state index contributed by atoms with van der Waals surface area (Å²) in [5.41, 5.74) is 4.40. The van der Waals surface area contributed by atoms with Crippen LogP contribution in [-0.4, -0.2) is 25.3 Å². The standard InChI is InChI=1S/C28H41NO/c1-27-15-6-5-7-21(27)10-13-23-24(27)14-16-28(2)25(23)18-20(26(28)30)17-19-8-11-22(12-9-19)29(3)4/h8-9,11-12,17,21,23-26,30H,5-7,10,13-16,18H2,1-4H3. The maximum Gasteiger partial charge on any atom is 0.0809 e. The van der Waals surface area contributed by atoms with Crippen molar-refractivity contribution in [1.82, 2.24) is 0 Å². The van der Waals surface area contributed by atoms with Gasteiger partial charge in [-0.25, -0.2) is 0 Å². The summed E-state index contributed by atoms with van der Waals surface area (Å²) in [5, 5.41) is 11.5. The Balaban J connectivity index is 1.41. The molecule has 1 N–H and O–H groups in total. The van der Waals surface area contributed by atoms with Gasteiger partial charge in [0.25, 0.3) is 0 Å². The van der Waals surface area contributed by atoms with Crippen molar-refractivity contribution in [1.29, 1.82) is 0 Å². The zero-order valence-electron chi connectivity index (χ0n) is 19.5. The van der Waals surface area contributed by atoms with E-state index in [1.807, 2.05) is 0 Å². The molecule has 2 heteroatoms. The number of anilines is 1. The van der Waals surface area contributed by atoms with Crippen LogP contribution >= 0.6 is 0 Å². The van der Waals surface area contributed by atoms with Crippen LogP contribution in [0.15, 0.2) is 29.8 Å². The van der Waals surface area contributed by atoms with Gasteiger partial charge in [0.05, 0.1) is 6.10 Å². The van der Waals surface area contributed by atoms with E-state index in [4.69, 9.17) is 0 Å². The van der Waals surface area contributed by atoms with Crippen molar-refractivity contribution >= 4 is 11.8 Å². The van der Waals surface area contributed by atoms with Crippen molar-refractivity contribution in [3.05, 3.63) is 35.4 Å². The Labute approximate surface area is 183 Å². The predicted octanol–water partition coefficient (Wildman–Crippen LogP) is 6.54. The number of hydrogen-bond acceptors (Lipinski definition) is 2. The van der Waals surface area contributed by atoms with Crippen molar-refractivity contribution in [2.45, 2.75) is 77.7 Å². The molecule has 2 nitrogen and oxygen atoms in total.